The second kappa shape index (κ2) is 5.28. The van der Waals surface area contributed by atoms with Gasteiger partial charge in [-0.2, -0.15) is 0 Å². The first kappa shape index (κ1) is 15.2. The minimum Gasteiger partial charge on any atom is -0.388 e. The number of aromatic nitrogens is 2. The van der Waals surface area contributed by atoms with Crippen molar-refractivity contribution < 1.29 is 0 Å². The maximum absolute atomic E-state index is 5.62. The molecule has 0 aromatic carbocycles. The van der Waals surface area contributed by atoms with Gasteiger partial charge in [0.15, 0.2) is 0 Å². The van der Waals surface area contributed by atoms with Gasteiger partial charge < -0.3 is 11.1 Å². The molecule has 0 amide bonds. The molecule has 0 spiro atoms. The number of nitrogens with zero attached hydrogens (tertiary/aromatic N) is 2. The van der Waals surface area contributed by atoms with E-state index in [0.29, 0.717) is 33.5 Å². The quantitative estimate of drug-likeness (QED) is 0.838. The summed E-state index contributed by atoms with van der Waals surface area (Å²) >= 11 is 4.96. The molecule has 1 fully saturated rings. The number of nitrogens with two attached hydrogens (primary N) is 1. The zero-order valence-electron chi connectivity index (χ0n) is 12.7. The second-order valence-electron chi connectivity index (χ2n) is 7.38. The summed E-state index contributed by atoms with van der Waals surface area (Å²) in [5, 5.41) is 3.45. The molecule has 0 atom stereocenters. The Morgan fingerprint density at radius 1 is 1.30 bits per heavy atom. The molecule has 1 saturated carbocycles. The van der Waals surface area contributed by atoms with E-state index < -0.39 is 0 Å². The Hall–Kier alpha value is -1.23. The van der Waals surface area contributed by atoms with Crippen molar-refractivity contribution in [3.8, 4) is 0 Å². The molecular weight excluding hydrogens is 268 g/mol. The van der Waals surface area contributed by atoms with Gasteiger partial charge in [-0.05, 0) is 36.2 Å². The predicted octanol–water partition coefficient (Wildman–Crippen LogP) is 3.13. The number of hydrogen-bond donors (Lipinski definition) is 2. The highest BCUT2D eigenvalue weighted by Gasteiger charge is 2.38. The average Bonchev–Trinajstić information content (AvgIpc) is 2.24. The van der Waals surface area contributed by atoms with Gasteiger partial charge in [-0.3, -0.25) is 0 Å². The van der Waals surface area contributed by atoms with Gasteiger partial charge in [0.05, 0.1) is 0 Å². The Morgan fingerprint density at radius 3 is 2.45 bits per heavy atom. The van der Waals surface area contributed by atoms with E-state index in [2.05, 4.69) is 43.0 Å². The summed E-state index contributed by atoms with van der Waals surface area (Å²) in [4.78, 5) is 8.95. The van der Waals surface area contributed by atoms with Gasteiger partial charge in [0.2, 0.25) is 5.95 Å². The van der Waals surface area contributed by atoms with Gasteiger partial charge in [0, 0.05) is 12.2 Å². The van der Waals surface area contributed by atoms with Crippen LogP contribution in [0.2, 0.25) is 0 Å². The van der Waals surface area contributed by atoms with Crippen molar-refractivity contribution in [1.82, 2.24) is 9.97 Å². The molecule has 0 bridgehead atoms. The summed E-state index contributed by atoms with van der Waals surface area (Å²) in [6.45, 7) is 9.31. The molecule has 3 N–H and O–H groups in total. The van der Waals surface area contributed by atoms with Crippen LogP contribution in [0.5, 0.6) is 0 Å². The van der Waals surface area contributed by atoms with E-state index in [1.807, 2.05) is 0 Å². The third kappa shape index (κ3) is 3.88. The molecular formula is C15H24N4S. The predicted molar refractivity (Wildman–Crippen MR) is 86.7 cm³/mol. The number of nitrogens with one attached hydrogen (secondary N) is 1. The summed E-state index contributed by atoms with van der Waals surface area (Å²) in [6, 6.07) is 2.12. The van der Waals surface area contributed by atoms with Crippen molar-refractivity contribution in [3.05, 3.63) is 18.0 Å². The molecule has 5 heteroatoms. The Bertz CT molecular complexity index is 494. The van der Waals surface area contributed by atoms with Crippen molar-refractivity contribution in [2.24, 2.45) is 16.6 Å². The molecule has 110 valence electrons. The third-order valence-electron chi connectivity index (χ3n) is 3.80. The lowest BCUT2D eigenvalue weighted by molar-refractivity contribution is 0.105. The molecule has 0 radical (unpaired) electrons. The zero-order chi connectivity index (χ0) is 15.0. The van der Waals surface area contributed by atoms with Crippen LogP contribution in [0.1, 0.15) is 52.7 Å². The smallest absolute Gasteiger partial charge is 0.223 e. The maximum atomic E-state index is 5.62. The summed E-state index contributed by atoms with van der Waals surface area (Å²) in [5.74, 6) is 0.619. The SMILES string of the molecule is CC1(C)CC(Nc2nccc(C(N)=S)n2)CC(C)(C)C1. The van der Waals surface area contributed by atoms with Crippen LogP contribution in [0.3, 0.4) is 0 Å². The molecule has 1 heterocycles. The Kier molecular flexibility index (Phi) is 4.00. The molecule has 1 aromatic heterocycles. The van der Waals surface area contributed by atoms with Crippen molar-refractivity contribution in [2.75, 3.05) is 5.32 Å². The fourth-order valence-corrected chi connectivity index (χ4v) is 3.81. The summed E-state index contributed by atoms with van der Waals surface area (Å²) in [7, 11) is 0. The fourth-order valence-electron chi connectivity index (χ4n) is 3.70. The number of thiocarbonyl (C=S) groups is 1. The van der Waals surface area contributed by atoms with Crippen LogP contribution in [0.25, 0.3) is 0 Å². The molecule has 20 heavy (non-hydrogen) atoms. The largest absolute Gasteiger partial charge is 0.388 e. The third-order valence-corrected chi connectivity index (χ3v) is 4.01. The normalized spacial score (nSPS) is 21.4. The van der Waals surface area contributed by atoms with Crippen LogP contribution in [0.4, 0.5) is 5.95 Å². The number of rotatable bonds is 3. The van der Waals surface area contributed by atoms with Crippen LogP contribution >= 0.6 is 12.2 Å². The van der Waals surface area contributed by atoms with E-state index in [0.717, 1.165) is 12.8 Å². The van der Waals surface area contributed by atoms with Crippen molar-refractivity contribution in [1.29, 1.82) is 0 Å². The van der Waals surface area contributed by atoms with Gasteiger partial charge in [-0.1, -0.05) is 39.9 Å². The number of anilines is 1. The minimum atomic E-state index is 0.305. The topological polar surface area (TPSA) is 63.8 Å². The Balaban J connectivity index is 2.13. The van der Waals surface area contributed by atoms with E-state index in [1.54, 1.807) is 12.3 Å². The Labute approximate surface area is 126 Å². The molecule has 4 nitrogen and oxygen atoms in total. The first-order valence-electron chi connectivity index (χ1n) is 7.06. The van der Waals surface area contributed by atoms with Crippen molar-refractivity contribution >= 4 is 23.2 Å². The van der Waals surface area contributed by atoms with Crippen LogP contribution in [0, 0.1) is 10.8 Å². The monoisotopic (exact) mass is 292 g/mol. The molecule has 0 saturated heterocycles. The van der Waals surface area contributed by atoms with Crippen molar-refractivity contribution in [2.45, 2.75) is 53.0 Å². The minimum absolute atomic E-state index is 0.305. The van der Waals surface area contributed by atoms with Crippen LogP contribution < -0.4 is 11.1 Å². The summed E-state index contributed by atoms with van der Waals surface area (Å²) in [6.07, 6.45) is 5.18. The van der Waals surface area contributed by atoms with Crippen LogP contribution in [0.15, 0.2) is 12.3 Å². The molecule has 2 rings (SSSR count). The molecule has 1 aliphatic carbocycles. The second-order valence-corrected chi connectivity index (χ2v) is 7.82. The van der Waals surface area contributed by atoms with Gasteiger partial charge in [-0.15, -0.1) is 0 Å². The van der Waals surface area contributed by atoms with Gasteiger partial charge in [0.25, 0.3) is 0 Å². The van der Waals surface area contributed by atoms with Gasteiger partial charge in [0.1, 0.15) is 10.7 Å². The summed E-state index contributed by atoms with van der Waals surface area (Å²) < 4.78 is 0. The molecule has 0 unspecified atom stereocenters. The Morgan fingerprint density at radius 2 is 1.90 bits per heavy atom. The lowest BCUT2D eigenvalue weighted by Gasteiger charge is -2.45. The average molecular weight is 292 g/mol. The highest BCUT2D eigenvalue weighted by Crippen LogP contribution is 2.46. The lowest BCUT2D eigenvalue weighted by atomic mass is 9.63. The van der Waals surface area contributed by atoms with Crippen LogP contribution in [-0.4, -0.2) is 21.0 Å². The highest BCUT2D eigenvalue weighted by atomic mass is 32.1. The first-order chi connectivity index (χ1) is 9.17. The van der Waals surface area contributed by atoms with Gasteiger partial charge >= 0.3 is 0 Å². The van der Waals surface area contributed by atoms with Crippen molar-refractivity contribution in [3.63, 3.8) is 0 Å². The summed E-state index contributed by atoms with van der Waals surface area (Å²) in [5.41, 5.74) is 6.90. The van der Waals surface area contributed by atoms with E-state index in [9.17, 15) is 0 Å². The van der Waals surface area contributed by atoms with E-state index >= 15 is 0 Å². The lowest BCUT2D eigenvalue weighted by Crippen LogP contribution is -2.40. The molecule has 0 aliphatic heterocycles. The van der Waals surface area contributed by atoms with E-state index in [4.69, 9.17) is 18.0 Å². The van der Waals surface area contributed by atoms with E-state index in [1.165, 1.54) is 6.42 Å². The highest BCUT2D eigenvalue weighted by molar-refractivity contribution is 7.80. The molecule has 1 aromatic rings. The molecule has 1 aliphatic rings. The number of hydrogen-bond acceptors (Lipinski definition) is 4. The first-order valence-corrected chi connectivity index (χ1v) is 7.47. The standard InChI is InChI=1S/C15H24N4S/c1-14(2)7-10(8-15(3,4)9-14)18-13-17-6-5-11(19-13)12(16)20/h5-6,10H,7-9H2,1-4H3,(H2,16,20)(H,17,18,19). The van der Waals surface area contributed by atoms with Gasteiger partial charge in [-0.25, -0.2) is 9.97 Å². The zero-order valence-corrected chi connectivity index (χ0v) is 13.5. The van der Waals surface area contributed by atoms with Crippen LogP contribution in [-0.2, 0) is 0 Å². The fraction of sp³-hybridized carbons (Fsp3) is 0.667. The maximum Gasteiger partial charge on any atom is 0.223 e. The van der Waals surface area contributed by atoms with E-state index in [-0.39, 0.29) is 0 Å².